The number of halogens is 1. The molecule has 0 saturated carbocycles. The van der Waals surface area contributed by atoms with Crippen LogP contribution < -0.4 is 0 Å². The summed E-state index contributed by atoms with van der Waals surface area (Å²) in [5.74, 6) is -0.288. The minimum Gasteiger partial charge on any atom is -0.389 e. The third-order valence-corrected chi connectivity index (χ3v) is 4.21. The SMILES string of the molecule is Cc1ccc(C)c(Sc2ccc([C@H](C)O)cc2F)c1. The first-order valence-corrected chi connectivity index (χ1v) is 7.01. The van der Waals surface area contributed by atoms with E-state index in [1.54, 1.807) is 19.1 Å². The van der Waals surface area contributed by atoms with Gasteiger partial charge in [0.15, 0.2) is 0 Å². The van der Waals surface area contributed by atoms with Gasteiger partial charge in [-0.2, -0.15) is 0 Å². The molecule has 1 nitrogen and oxygen atoms in total. The van der Waals surface area contributed by atoms with E-state index in [1.807, 2.05) is 26.0 Å². The molecule has 100 valence electrons. The first-order valence-electron chi connectivity index (χ1n) is 6.20. The van der Waals surface area contributed by atoms with Crippen LogP contribution in [-0.4, -0.2) is 5.11 Å². The predicted octanol–water partition coefficient (Wildman–Crippen LogP) is 4.65. The van der Waals surface area contributed by atoms with Crippen molar-refractivity contribution < 1.29 is 9.50 Å². The van der Waals surface area contributed by atoms with E-state index in [1.165, 1.54) is 17.8 Å². The molecule has 0 heterocycles. The van der Waals surface area contributed by atoms with Gasteiger partial charge in [-0.25, -0.2) is 4.39 Å². The quantitative estimate of drug-likeness (QED) is 0.880. The molecule has 1 atom stereocenters. The van der Waals surface area contributed by atoms with Gasteiger partial charge < -0.3 is 5.11 Å². The molecule has 2 aromatic rings. The van der Waals surface area contributed by atoms with Crippen LogP contribution in [0, 0.1) is 19.7 Å². The predicted molar refractivity (Wildman–Crippen MR) is 77.1 cm³/mol. The summed E-state index contributed by atoms with van der Waals surface area (Å²) in [6, 6.07) is 11.0. The largest absolute Gasteiger partial charge is 0.389 e. The fourth-order valence-electron chi connectivity index (χ4n) is 1.80. The lowest BCUT2D eigenvalue weighted by atomic mass is 10.1. The van der Waals surface area contributed by atoms with Gasteiger partial charge in [0.1, 0.15) is 5.82 Å². The molecule has 1 N–H and O–H groups in total. The lowest BCUT2D eigenvalue weighted by molar-refractivity contribution is 0.198. The van der Waals surface area contributed by atoms with Crippen LogP contribution >= 0.6 is 11.8 Å². The molecule has 0 saturated heterocycles. The number of rotatable bonds is 3. The van der Waals surface area contributed by atoms with Crippen LogP contribution in [0.3, 0.4) is 0 Å². The van der Waals surface area contributed by atoms with Gasteiger partial charge in [0.25, 0.3) is 0 Å². The van der Waals surface area contributed by atoms with Crippen molar-refractivity contribution in [3.63, 3.8) is 0 Å². The van der Waals surface area contributed by atoms with Gasteiger partial charge in [0.05, 0.1) is 6.10 Å². The Bertz CT molecular complexity index is 593. The van der Waals surface area contributed by atoms with Gasteiger partial charge in [-0.3, -0.25) is 0 Å². The molecule has 0 spiro atoms. The normalized spacial score (nSPS) is 12.5. The molecule has 0 fully saturated rings. The molecule has 0 bridgehead atoms. The Labute approximate surface area is 117 Å². The van der Waals surface area contributed by atoms with Crippen LogP contribution in [0.1, 0.15) is 29.7 Å². The first kappa shape index (κ1) is 14.1. The number of hydrogen-bond acceptors (Lipinski definition) is 2. The zero-order valence-electron chi connectivity index (χ0n) is 11.3. The van der Waals surface area contributed by atoms with E-state index in [0.29, 0.717) is 10.5 Å². The maximum atomic E-state index is 14.0. The maximum absolute atomic E-state index is 14.0. The average molecular weight is 276 g/mol. The van der Waals surface area contributed by atoms with Crippen molar-refractivity contribution >= 4 is 11.8 Å². The van der Waals surface area contributed by atoms with Crippen LogP contribution in [0.15, 0.2) is 46.2 Å². The highest BCUT2D eigenvalue weighted by molar-refractivity contribution is 7.99. The third kappa shape index (κ3) is 3.37. The lowest BCUT2D eigenvalue weighted by Crippen LogP contribution is -1.93. The molecular formula is C16H17FOS. The Balaban J connectivity index is 2.31. The minimum absolute atomic E-state index is 0.288. The van der Waals surface area contributed by atoms with Gasteiger partial charge in [-0.1, -0.05) is 30.0 Å². The van der Waals surface area contributed by atoms with Gasteiger partial charge in [-0.15, -0.1) is 0 Å². The summed E-state index contributed by atoms with van der Waals surface area (Å²) < 4.78 is 14.0. The van der Waals surface area contributed by atoms with Crippen LogP contribution in [0.4, 0.5) is 4.39 Å². The molecule has 2 aromatic carbocycles. The number of benzene rings is 2. The Kier molecular flexibility index (Phi) is 4.27. The van der Waals surface area contributed by atoms with Crippen molar-refractivity contribution in [2.24, 2.45) is 0 Å². The van der Waals surface area contributed by atoms with Gasteiger partial charge in [0, 0.05) is 9.79 Å². The summed E-state index contributed by atoms with van der Waals surface area (Å²) in [6.45, 7) is 5.67. The van der Waals surface area contributed by atoms with Crippen LogP contribution in [-0.2, 0) is 0 Å². The van der Waals surface area contributed by atoms with Crippen molar-refractivity contribution in [3.8, 4) is 0 Å². The van der Waals surface area contributed by atoms with Crippen molar-refractivity contribution in [2.75, 3.05) is 0 Å². The van der Waals surface area contributed by atoms with E-state index < -0.39 is 6.10 Å². The maximum Gasteiger partial charge on any atom is 0.137 e. The van der Waals surface area contributed by atoms with Crippen LogP contribution in [0.2, 0.25) is 0 Å². The highest BCUT2D eigenvalue weighted by Gasteiger charge is 2.09. The zero-order valence-corrected chi connectivity index (χ0v) is 12.1. The van der Waals surface area contributed by atoms with Crippen molar-refractivity contribution in [3.05, 3.63) is 58.9 Å². The summed E-state index contributed by atoms with van der Waals surface area (Å²) in [7, 11) is 0. The molecule has 0 radical (unpaired) electrons. The number of aliphatic hydroxyl groups is 1. The molecule has 3 heteroatoms. The topological polar surface area (TPSA) is 20.2 Å². The first-order chi connectivity index (χ1) is 8.97. The van der Waals surface area contributed by atoms with Gasteiger partial charge >= 0.3 is 0 Å². The Hall–Kier alpha value is -1.32. The van der Waals surface area contributed by atoms with E-state index in [-0.39, 0.29) is 5.82 Å². The zero-order chi connectivity index (χ0) is 14.0. The molecule has 0 aromatic heterocycles. The summed E-state index contributed by atoms with van der Waals surface area (Å²) >= 11 is 1.42. The lowest BCUT2D eigenvalue weighted by Gasteiger charge is -2.10. The van der Waals surface area contributed by atoms with E-state index in [2.05, 4.69) is 6.07 Å². The molecule has 2 rings (SSSR count). The number of hydrogen-bond donors (Lipinski definition) is 1. The summed E-state index contributed by atoms with van der Waals surface area (Å²) in [6.07, 6.45) is -0.644. The molecule has 0 amide bonds. The number of aliphatic hydroxyl groups excluding tert-OH is 1. The standard InChI is InChI=1S/C16H17FOS/c1-10-4-5-11(2)16(8-10)19-15-7-6-13(12(3)18)9-14(15)17/h4-9,12,18H,1-3H3/t12-/m0/s1. The van der Waals surface area contributed by atoms with E-state index in [4.69, 9.17) is 0 Å². The Morgan fingerprint density at radius 1 is 1.05 bits per heavy atom. The van der Waals surface area contributed by atoms with Gasteiger partial charge in [-0.05, 0) is 55.7 Å². The summed E-state index contributed by atoms with van der Waals surface area (Å²) in [4.78, 5) is 1.64. The summed E-state index contributed by atoms with van der Waals surface area (Å²) in [5.41, 5.74) is 2.89. The molecule has 0 aliphatic carbocycles. The fourth-order valence-corrected chi connectivity index (χ4v) is 2.80. The third-order valence-electron chi connectivity index (χ3n) is 3.00. The van der Waals surface area contributed by atoms with E-state index >= 15 is 0 Å². The average Bonchev–Trinajstić information content (AvgIpc) is 2.36. The molecule has 19 heavy (non-hydrogen) atoms. The minimum atomic E-state index is -0.644. The van der Waals surface area contributed by atoms with Crippen LogP contribution in [0.5, 0.6) is 0 Å². The van der Waals surface area contributed by atoms with Gasteiger partial charge in [0.2, 0.25) is 0 Å². The van der Waals surface area contributed by atoms with Crippen LogP contribution in [0.25, 0.3) is 0 Å². The molecule has 0 unspecified atom stereocenters. The monoisotopic (exact) mass is 276 g/mol. The smallest absolute Gasteiger partial charge is 0.137 e. The van der Waals surface area contributed by atoms with E-state index in [0.717, 1.165) is 16.0 Å². The van der Waals surface area contributed by atoms with E-state index in [9.17, 15) is 9.50 Å². The van der Waals surface area contributed by atoms with Crippen molar-refractivity contribution in [1.82, 2.24) is 0 Å². The highest BCUT2D eigenvalue weighted by atomic mass is 32.2. The highest BCUT2D eigenvalue weighted by Crippen LogP contribution is 2.33. The second kappa shape index (κ2) is 5.76. The summed E-state index contributed by atoms with van der Waals surface area (Å²) in [5, 5.41) is 9.44. The number of aryl methyl sites for hydroxylation is 2. The second-order valence-corrected chi connectivity index (χ2v) is 5.82. The Morgan fingerprint density at radius 2 is 1.79 bits per heavy atom. The fraction of sp³-hybridized carbons (Fsp3) is 0.250. The molecular weight excluding hydrogens is 259 g/mol. The van der Waals surface area contributed by atoms with Crippen molar-refractivity contribution in [1.29, 1.82) is 0 Å². The molecule has 0 aliphatic heterocycles. The van der Waals surface area contributed by atoms with Crippen molar-refractivity contribution in [2.45, 2.75) is 36.7 Å². The Morgan fingerprint density at radius 3 is 2.42 bits per heavy atom. The second-order valence-electron chi connectivity index (χ2n) is 4.74. The molecule has 0 aliphatic rings.